The second-order valence-corrected chi connectivity index (χ2v) is 3.97. The molecule has 0 aromatic heterocycles. The summed E-state index contributed by atoms with van der Waals surface area (Å²) < 4.78 is 10.5. The van der Waals surface area contributed by atoms with Crippen molar-refractivity contribution in [2.45, 2.75) is 0 Å². The van der Waals surface area contributed by atoms with Crippen LogP contribution in [0.1, 0.15) is 0 Å². The van der Waals surface area contributed by atoms with Crippen molar-refractivity contribution in [3.05, 3.63) is 52.6 Å². The van der Waals surface area contributed by atoms with Gasteiger partial charge in [0.05, 0.1) is 4.92 Å². The molecular formula is C13H10N2O4. The first-order valence-corrected chi connectivity index (χ1v) is 5.64. The van der Waals surface area contributed by atoms with Crippen LogP contribution in [-0.4, -0.2) is 11.7 Å². The Morgan fingerprint density at radius 2 is 1.89 bits per heavy atom. The molecule has 19 heavy (non-hydrogen) atoms. The molecule has 0 atom stereocenters. The molecule has 0 bridgehead atoms. The summed E-state index contributed by atoms with van der Waals surface area (Å²) in [5.74, 6) is 1.30. The van der Waals surface area contributed by atoms with Crippen molar-refractivity contribution in [2.75, 3.05) is 12.1 Å². The van der Waals surface area contributed by atoms with E-state index < -0.39 is 4.92 Å². The zero-order valence-electron chi connectivity index (χ0n) is 9.83. The molecule has 0 aliphatic carbocycles. The van der Waals surface area contributed by atoms with Crippen molar-refractivity contribution in [1.29, 1.82) is 0 Å². The molecule has 0 saturated heterocycles. The Bertz CT molecular complexity index is 642. The molecule has 0 amide bonds. The number of nitrogens with one attached hydrogen (secondary N) is 1. The number of hydrogen-bond acceptors (Lipinski definition) is 5. The van der Waals surface area contributed by atoms with Crippen molar-refractivity contribution >= 4 is 17.1 Å². The molecule has 1 aliphatic rings. The maximum Gasteiger partial charge on any atom is 0.292 e. The molecule has 0 unspecified atom stereocenters. The predicted octanol–water partition coefficient (Wildman–Crippen LogP) is 3.07. The van der Waals surface area contributed by atoms with Gasteiger partial charge in [0.2, 0.25) is 6.79 Å². The van der Waals surface area contributed by atoms with E-state index in [0.29, 0.717) is 22.9 Å². The van der Waals surface area contributed by atoms with Crippen molar-refractivity contribution in [2.24, 2.45) is 0 Å². The molecule has 0 radical (unpaired) electrons. The Kier molecular flexibility index (Phi) is 2.68. The number of anilines is 2. The van der Waals surface area contributed by atoms with Gasteiger partial charge >= 0.3 is 0 Å². The molecule has 6 heteroatoms. The van der Waals surface area contributed by atoms with E-state index in [1.54, 1.807) is 36.4 Å². The number of nitro groups is 1. The fraction of sp³-hybridized carbons (Fsp3) is 0.0769. The van der Waals surface area contributed by atoms with Crippen LogP contribution in [0.25, 0.3) is 0 Å². The van der Waals surface area contributed by atoms with E-state index in [1.165, 1.54) is 6.07 Å². The van der Waals surface area contributed by atoms with Gasteiger partial charge in [0.25, 0.3) is 5.69 Å². The predicted molar refractivity (Wildman–Crippen MR) is 68.9 cm³/mol. The number of ether oxygens (including phenoxy) is 2. The summed E-state index contributed by atoms with van der Waals surface area (Å²) in [6.45, 7) is 0.199. The van der Waals surface area contributed by atoms with E-state index in [0.717, 1.165) is 0 Å². The van der Waals surface area contributed by atoms with Crippen LogP contribution in [0.5, 0.6) is 11.5 Å². The lowest BCUT2D eigenvalue weighted by atomic mass is 10.2. The topological polar surface area (TPSA) is 73.6 Å². The third-order valence-corrected chi connectivity index (χ3v) is 2.75. The van der Waals surface area contributed by atoms with Gasteiger partial charge in [0.1, 0.15) is 5.69 Å². The minimum Gasteiger partial charge on any atom is -0.454 e. The average Bonchev–Trinajstić information content (AvgIpc) is 2.86. The van der Waals surface area contributed by atoms with Crippen molar-refractivity contribution < 1.29 is 14.4 Å². The van der Waals surface area contributed by atoms with Gasteiger partial charge in [0.15, 0.2) is 11.5 Å². The molecule has 1 N–H and O–H groups in total. The van der Waals surface area contributed by atoms with E-state index in [4.69, 9.17) is 9.47 Å². The summed E-state index contributed by atoms with van der Waals surface area (Å²) in [6.07, 6.45) is 0. The van der Waals surface area contributed by atoms with Crippen LogP contribution in [0.3, 0.4) is 0 Å². The van der Waals surface area contributed by atoms with Gasteiger partial charge in [-0.05, 0) is 18.2 Å². The molecule has 0 spiro atoms. The average molecular weight is 258 g/mol. The highest BCUT2D eigenvalue weighted by atomic mass is 16.7. The van der Waals surface area contributed by atoms with Crippen LogP contribution < -0.4 is 14.8 Å². The summed E-state index contributed by atoms with van der Waals surface area (Å²) in [5.41, 5.74) is 1.17. The number of hydrogen-bond donors (Lipinski definition) is 1. The number of benzene rings is 2. The lowest BCUT2D eigenvalue weighted by molar-refractivity contribution is -0.383. The summed E-state index contributed by atoms with van der Waals surface area (Å²) in [7, 11) is 0. The first kappa shape index (κ1) is 11.3. The smallest absolute Gasteiger partial charge is 0.292 e. The van der Waals surface area contributed by atoms with Crippen LogP contribution in [-0.2, 0) is 0 Å². The van der Waals surface area contributed by atoms with Crippen LogP contribution in [0.2, 0.25) is 0 Å². The van der Waals surface area contributed by atoms with Gasteiger partial charge in [-0.2, -0.15) is 0 Å². The highest BCUT2D eigenvalue weighted by Gasteiger charge is 2.16. The van der Waals surface area contributed by atoms with E-state index in [1.807, 2.05) is 0 Å². The van der Waals surface area contributed by atoms with Crippen LogP contribution in [0.4, 0.5) is 17.1 Å². The second kappa shape index (κ2) is 4.49. The van der Waals surface area contributed by atoms with Crippen LogP contribution >= 0.6 is 0 Å². The first-order valence-electron chi connectivity index (χ1n) is 5.64. The van der Waals surface area contributed by atoms with Crippen molar-refractivity contribution in [3.8, 4) is 11.5 Å². The number of para-hydroxylation sites is 2. The monoisotopic (exact) mass is 258 g/mol. The Morgan fingerprint density at radius 1 is 1.11 bits per heavy atom. The molecule has 3 rings (SSSR count). The summed E-state index contributed by atoms with van der Waals surface area (Å²) in [6, 6.07) is 11.8. The minimum atomic E-state index is -0.421. The Labute approximate surface area is 108 Å². The summed E-state index contributed by atoms with van der Waals surface area (Å²) in [4.78, 5) is 10.5. The van der Waals surface area contributed by atoms with Crippen molar-refractivity contribution in [1.82, 2.24) is 0 Å². The Hall–Kier alpha value is -2.76. The largest absolute Gasteiger partial charge is 0.454 e. The standard InChI is InChI=1S/C13H10N2O4/c16-15(17)11-4-2-1-3-10(11)14-9-5-6-12-13(7-9)19-8-18-12/h1-7,14H,8H2. The van der Waals surface area contributed by atoms with Crippen LogP contribution in [0, 0.1) is 10.1 Å². The van der Waals surface area contributed by atoms with Crippen molar-refractivity contribution in [3.63, 3.8) is 0 Å². The molecular weight excluding hydrogens is 248 g/mol. The Balaban J connectivity index is 1.91. The zero-order chi connectivity index (χ0) is 13.2. The third kappa shape index (κ3) is 2.15. The molecule has 1 heterocycles. The zero-order valence-corrected chi connectivity index (χ0v) is 9.83. The lowest BCUT2D eigenvalue weighted by Crippen LogP contribution is -1.96. The third-order valence-electron chi connectivity index (χ3n) is 2.75. The van der Waals surface area contributed by atoms with E-state index in [-0.39, 0.29) is 12.5 Å². The summed E-state index contributed by atoms with van der Waals surface area (Å²) >= 11 is 0. The first-order chi connectivity index (χ1) is 9.24. The molecule has 2 aromatic carbocycles. The summed E-state index contributed by atoms with van der Waals surface area (Å²) in [5, 5.41) is 13.9. The van der Waals surface area contributed by atoms with E-state index in [9.17, 15) is 10.1 Å². The maximum atomic E-state index is 10.9. The highest BCUT2D eigenvalue weighted by Crippen LogP contribution is 2.36. The molecule has 2 aromatic rings. The van der Waals surface area contributed by atoms with E-state index in [2.05, 4.69) is 5.32 Å². The van der Waals surface area contributed by atoms with E-state index >= 15 is 0 Å². The highest BCUT2D eigenvalue weighted by molar-refractivity contribution is 5.71. The molecule has 6 nitrogen and oxygen atoms in total. The number of rotatable bonds is 3. The Morgan fingerprint density at radius 3 is 2.74 bits per heavy atom. The van der Waals surface area contributed by atoms with Crippen LogP contribution in [0.15, 0.2) is 42.5 Å². The maximum absolute atomic E-state index is 10.9. The number of fused-ring (bicyclic) bond motifs is 1. The molecule has 0 saturated carbocycles. The SMILES string of the molecule is O=[N+]([O-])c1ccccc1Nc1ccc2c(c1)OCO2. The van der Waals surface area contributed by atoms with Gasteiger partial charge in [-0.3, -0.25) is 10.1 Å². The van der Waals surface area contributed by atoms with Gasteiger partial charge < -0.3 is 14.8 Å². The van der Waals surface area contributed by atoms with Gasteiger partial charge in [-0.1, -0.05) is 12.1 Å². The minimum absolute atomic E-state index is 0.0279. The fourth-order valence-electron chi connectivity index (χ4n) is 1.87. The fourth-order valence-corrected chi connectivity index (χ4v) is 1.87. The normalized spacial score (nSPS) is 12.2. The molecule has 1 aliphatic heterocycles. The lowest BCUT2D eigenvalue weighted by Gasteiger charge is -2.07. The molecule has 96 valence electrons. The second-order valence-electron chi connectivity index (χ2n) is 3.97. The van der Waals surface area contributed by atoms with Gasteiger partial charge in [0, 0.05) is 17.8 Å². The number of nitrogens with zero attached hydrogens (tertiary/aromatic N) is 1. The van der Waals surface area contributed by atoms with Gasteiger partial charge in [-0.15, -0.1) is 0 Å². The van der Waals surface area contributed by atoms with Gasteiger partial charge in [-0.25, -0.2) is 0 Å². The number of nitro benzene ring substituents is 1. The molecule has 0 fully saturated rings. The quantitative estimate of drug-likeness (QED) is 0.676.